The molecular formula is C22H28N6O. The van der Waals surface area contributed by atoms with E-state index in [0.29, 0.717) is 5.95 Å². The number of nitrogens with one attached hydrogen (secondary N) is 1. The third kappa shape index (κ3) is 4.62. The van der Waals surface area contributed by atoms with E-state index in [-0.39, 0.29) is 11.8 Å². The average Bonchev–Trinajstić information content (AvgIpc) is 3.18. The summed E-state index contributed by atoms with van der Waals surface area (Å²) in [6.45, 7) is 5.33. The molecule has 7 nitrogen and oxygen atoms in total. The van der Waals surface area contributed by atoms with Crippen LogP contribution in [0.15, 0.2) is 36.8 Å². The van der Waals surface area contributed by atoms with Gasteiger partial charge in [-0.25, -0.2) is 9.97 Å². The smallest absolute Gasteiger partial charge is 0.229 e. The van der Waals surface area contributed by atoms with Crippen LogP contribution >= 0.6 is 0 Å². The topological polar surface area (TPSA) is 75.9 Å². The predicted molar refractivity (Wildman–Crippen MR) is 114 cm³/mol. The second-order valence-electron chi connectivity index (χ2n) is 7.83. The Labute approximate surface area is 171 Å². The molecule has 1 N–H and O–H groups in total. The van der Waals surface area contributed by atoms with Crippen LogP contribution in [0.5, 0.6) is 0 Å². The number of fused-ring (bicyclic) bond motifs is 1. The first-order chi connectivity index (χ1) is 14.1. The minimum atomic E-state index is 0.0305. The molecule has 1 aliphatic rings. The average molecular weight is 393 g/mol. The summed E-state index contributed by atoms with van der Waals surface area (Å²) in [4.78, 5) is 24.1. The number of piperidine rings is 1. The van der Waals surface area contributed by atoms with E-state index in [4.69, 9.17) is 0 Å². The lowest BCUT2D eigenvalue weighted by Crippen LogP contribution is -2.38. The van der Waals surface area contributed by atoms with Crippen molar-refractivity contribution >= 4 is 22.8 Å². The summed E-state index contributed by atoms with van der Waals surface area (Å²) >= 11 is 0. The maximum atomic E-state index is 12.7. The van der Waals surface area contributed by atoms with Gasteiger partial charge in [-0.15, -0.1) is 0 Å². The second-order valence-corrected chi connectivity index (χ2v) is 7.83. The number of hydrogen-bond acceptors (Lipinski definition) is 5. The van der Waals surface area contributed by atoms with Crippen molar-refractivity contribution in [3.63, 3.8) is 0 Å². The SMILES string of the molecule is CCCCN1CCC(C(=O)Nc2ncc3ccc(-c4cnn(C)c4)cc3n2)CC1. The number of carbonyl (C=O) groups is 1. The monoisotopic (exact) mass is 392 g/mol. The normalized spacial score (nSPS) is 15.7. The number of anilines is 1. The number of hydrogen-bond donors (Lipinski definition) is 1. The van der Waals surface area contributed by atoms with Gasteiger partial charge in [-0.05, 0) is 50.5 Å². The number of nitrogens with zero attached hydrogens (tertiary/aromatic N) is 5. The second kappa shape index (κ2) is 8.69. The molecule has 1 aromatic carbocycles. The van der Waals surface area contributed by atoms with Crippen LogP contribution in [-0.4, -0.2) is 50.2 Å². The van der Waals surface area contributed by atoms with E-state index >= 15 is 0 Å². The molecule has 1 amide bonds. The first-order valence-electron chi connectivity index (χ1n) is 10.4. The molecule has 2 aromatic heterocycles. The van der Waals surface area contributed by atoms with Crippen LogP contribution in [-0.2, 0) is 11.8 Å². The zero-order valence-electron chi connectivity index (χ0n) is 17.1. The van der Waals surface area contributed by atoms with Crippen LogP contribution in [0.25, 0.3) is 22.0 Å². The minimum Gasteiger partial charge on any atom is -0.303 e. The molecule has 1 saturated heterocycles. The Balaban J connectivity index is 1.43. The van der Waals surface area contributed by atoms with Gasteiger partial charge in [-0.1, -0.05) is 25.5 Å². The third-order valence-corrected chi connectivity index (χ3v) is 5.64. The number of unbranched alkanes of at least 4 members (excludes halogenated alkanes) is 1. The van der Waals surface area contributed by atoms with Gasteiger partial charge in [0.1, 0.15) is 0 Å². The zero-order valence-corrected chi connectivity index (χ0v) is 17.1. The van der Waals surface area contributed by atoms with Gasteiger partial charge in [0.05, 0.1) is 11.7 Å². The Kier molecular flexibility index (Phi) is 5.85. The molecular weight excluding hydrogens is 364 g/mol. The van der Waals surface area contributed by atoms with E-state index in [0.717, 1.165) is 54.5 Å². The molecule has 0 spiro atoms. The highest BCUT2D eigenvalue weighted by molar-refractivity contribution is 5.92. The van der Waals surface area contributed by atoms with Crippen molar-refractivity contribution in [3.05, 3.63) is 36.8 Å². The minimum absolute atomic E-state index is 0.0305. The number of aromatic nitrogens is 4. The van der Waals surface area contributed by atoms with Gasteiger partial charge in [0.25, 0.3) is 0 Å². The van der Waals surface area contributed by atoms with Gasteiger partial charge < -0.3 is 4.90 Å². The Hall–Kier alpha value is -2.80. The first kappa shape index (κ1) is 19.5. The Morgan fingerprint density at radius 2 is 2.03 bits per heavy atom. The molecule has 4 rings (SSSR count). The largest absolute Gasteiger partial charge is 0.303 e. The number of amides is 1. The van der Waals surface area contributed by atoms with Crippen molar-refractivity contribution in [1.82, 2.24) is 24.6 Å². The standard InChI is InChI=1S/C22H28N6O/c1-3-4-9-28-10-7-16(8-11-28)21(29)26-22-23-13-18-6-5-17(12-20(18)25-22)19-14-24-27(2)15-19/h5-6,12-16H,3-4,7-11H2,1-2H3,(H,23,25,26,29). The van der Waals surface area contributed by atoms with Crippen molar-refractivity contribution < 1.29 is 4.79 Å². The third-order valence-electron chi connectivity index (χ3n) is 5.64. The molecule has 0 radical (unpaired) electrons. The van der Waals surface area contributed by atoms with Gasteiger partial charge in [0, 0.05) is 36.3 Å². The first-order valence-corrected chi connectivity index (χ1v) is 10.4. The number of likely N-dealkylation sites (tertiary alicyclic amines) is 1. The zero-order chi connectivity index (χ0) is 20.2. The fraction of sp³-hybridized carbons (Fsp3) is 0.455. The van der Waals surface area contributed by atoms with Crippen molar-refractivity contribution in [2.75, 3.05) is 25.0 Å². The molecule has 7 heteroatoms. The summed E-state index contributed by atoms with van der Waals surface area (Å²) in [5.41, 5.74) is 2.89. The van der Waals surface area contributed by atoms with Crippen molar-refractivity contribution in [1.29, 1.82) is 0 Å². The fourth-order valence-electron chi connectivity index (χ4n) is 3.85. The Morgan fingerprint density at radius 1 is 1.21 bits per heavy atom. The summed E-state index contributed by atoms with van der Waals surface area (Å²) < 4.78 is 1.78. The highest BCUT2D eigenvalue weighted by atomic mass is 16.2. The van der Waals surface area contributed by atoms with E-state index in [1.54, 1.807) is 10.9 Å². The maximum Gasteiger partial charge on any atom is 0.229 e. The van der Waals surface area contributed by atoms with Crippen molar-refractivity contribution in [2.45, 2.75) is 32.6 Å². The van der Waals surface area contributed by atoms with E-state index in [1.165, 1.54) is 12.8 Å². The maximum absolute atomic E-state index is 12.7. The quantitative estimate of drug-likeness (QED) is 0.695. The molecule has 152 valence electrons. The molecule has 0 unspecified atom stereocenters. The lowest BCUT2D eigenvalue weighted by Gasteiger charge is -2.30. The van der Waals surface area contributed by atoms with E-state index in [1.807, 2.05) is 37.6 Å². The summed E-state index contributed by atoms with van der Waals surface area (Å²) in [7, 11) is 1.90. The molecule has 29 heavy (non-hydrogen) atoms. The number of aryl methyl sites for hydroxylation is 1. The van der Waals surface area contributed by atoms with Gasteiger partial charge in [-0.2, -0.15) is 5.10 Å². The van der Waals surface area contributed by atoms with E-state index in [9.17, 15) is 4.79 Å². The van der Waals surface area contributed by atoms with Gasteiger partial charge >= 0.3 is 0 Å². The molecule has 1 aliphatic heterocycles. The Morgan fingerprint density at radius 3 is 2.76 bits per heavy atom. The summed E-state index contributed by atoms with van der Waals surface area (Å²) in [6, 6.07) is 6.04. The summed E-state index contributed by atoms with van der Waals surface area (Å²) in [5.74, 6) is 0.441. The lowest BCUT2D eigenvalue weighted by molar-refractivity contribution is -0.121. The van der Waals surface area contributed by atoms with Crippen LogP contribution in [0.4, 0.5) is 5.95 Å². The van der Waals surface area contributed by atoms with Crippen molar-refractivity contribution in [2.24, 2.45) is 13.0 Å². The number of benzene rings is 1. The molecule has 0 aliphatic carbocycles. The van der Waals surface area contributed by atoms with Gasteiger partial charge in [0.15, 0.2) is 0 Å². The van der Waals surface area contributed by atoms with Gasteiger partial charge in [-0.3, -0.25) is 14.8 Å². The van der Waals surface area contributed by atoms with Crippen molar-refractivity contribution in [3.8, 4) is 11.1 Å². The fourth-order valence-corrected chi connectivity index (χ4v) is 3.85. The van der Waals surface area contributed by atoms with Gasteiger partial charge in [0.2, 0.25) is 11.9 Å². The Bertz CT molecular complexity index is 990. The highest BCUT2D eigenvalue weighted by Gasteiger charge is 2.25. The van der Waals surface area contributed by atoms with Crippen LogP contribution in [0, 0.1) is 5.92 Å². The number of rotatable bonds is 6. The summed E-state index contributed by atoms with van der Waals surface area (Å²) in [6.07, 6.45) is 9.79. The van der Waals surface area contributed by atoms with E-state index < -0.39 is 0 Å². The number of carbonyl (C=O) groups excluding carboxylic acids is 1. The van der Waals surface area contributed by atoms with E-state index in [2.05, 4.69) is 32.2 Å². The van der Waals surface area contributed by atoms with Crippen LogP contribution in [0.2, 0.25) is 0 Å². The van der Waals surface area contributed by atoms with Crippen LogP contribution in [0.3, 0.4) is 0 Å². The summed E-state index contributed by atoms with van der Waals surface area (Å²) in [5, 5.41) is 8.10. The van der Waals surface area contributed by atoms with Crippen LogP contribution in [0.1, 0.15) is 32.6 Å². The predicted octanol–water partition coefficient (Wildman–Crippen LogP) is 3.48. The molecule has 0 saturated carbocycles. The molecule has 0 atom stereocenters. The molecule has 1 fully saturated rings. The molecule has 3 heterocycles. The lowest BCUT2D eigenvalue weighted by atomic mass is 9.96. The highest BCUT2D eigenvalue weighted by Crippen LogP contribution is 2.24. The molecule has 3 aromatic rings. The molecule has 0 bridgehead atoms. The van der Waals surface area contributed by atoms with Crippen LogP contribution < -0.4 is 5.32 Å².